The van der Waals surface area contributed by atoms with Crippen LogP contribution in [-0.4, -0.2) is 30.1 Å². The lowest BCUT2D eigenvalue weighted by molar-refractivity contribution is 0.000470. The molecule has 0 aromatic heterocycles. The molecule has 128 valence electrons. The zero-order chi connectivity index (χ0) is 15.6. The molecular weight excluding hydrogens is 268 g/mol. The number of hydrogen-bond acceptors (Lipinski definition) is 2. The van der Waals surface area contributed by atoms with Gasteiger partial charge in [0, 0.05) is 11.6 Å². The Morgan fingerprint density at radius 3 is 2.45 bits per heavy atom. The minimum Gasteiger partial charge on any atom is -0.328 e. The van der Waals surface area contributed by atoms with Crippen LogP contribution in [0.4, 0.5) is 0 Å². The summed E-state index contributed by atoms with van der Waals surface area (Å²) in [4.78, 5) is 2.72. The van der Waals surface area contributed by atoms with Gasteiger partial charge in [-0.15, -0.1) is 0 Å². The lowest BCUT2D eigenvalue weighted by Gasteiger charge is -2.51. The van der Waals surface area contributed by atoms with Crippen LogP contribution >= 0.6 is 0 Å². The van der Waals surface area contributed by atoms with Crippen molar-refractivity contribution in [2.45, 2.75) is 102 Å². The van der Waals surface area contributed by atoms with E-state index in [4.69, 9.17) is 5.73 Å². The molecule has 2 aliphatic carbocycles. The average molecular weight is 307 g/mol. The lowest BCUT2D eigenvalue weighted by atomic mass is 9.65. The predicted molar refractivity (Wildman–Crippen MR) is 95.0 cm³/mol. The van der Waals surface area contributed by atoms with E-state index in [1.54, 1.807) is 0 Å². The molecule has 0 aromatic carbocycles. The molecule has 3 fully saturated rings. The molecule has 0 spiro atoms. The van der Waals surface area contributed by atoms with Crippen molar-refractivity contribution in [2.75, 3.05) is 13.6 Å². The van der Waals surface area contributed by atoms with Crippen molar-refractivity contribution >= 4 is 0 Å². The highest BCUT2D eigenvalue weighted by atomic mass is 15.2. The molecule has 2 heteroatoms. The van der Waals surface area contributed by atoms with Crippen molar-refractivity contribution < 1.29 is 0 Å². The van der Waals surface area contributed by atoms with Crippen LogP contribution in [0.2, 0.25) is 0 Å². The summed E-state index contributed by atoms with van der Waals surface area (Å²) in [6.45, 7) is 3.80. The molecule has 22 heavy (non-hydrogen) atoms. The number of likely N-dealkylation sites (tertiary alicyclic amines) is 1. The van der Waals surface area contributed by atoms with Gasteiger partial charge in [-0.3, -0.25) is 0 Å². The molecule has 3 rings (SSSR count). The maximum absolute atomic E-state index is 6.54. The van der Waals surface area contributed by atoms with Crippen LogP contribution < -0.4 is 5.73 Å². The molecule has 1 aliphatic heterocycles. The standard InChI is InChI=1S/C20H38N2/c1-19-16-20(15-18(21)11-14-22(19)2)12-7-5-3-4-6-9-17(19)10-8-13-20/h17-18H,3-16,21H2,1-2H3. The van der Waals surface area contributed by atoms with E-state index in [1.165, 1.54) is 90.0 Å². The Balaban J connectivity index is 1.95. The van der Waals surface area contributed by atoms with Gasteiger partial charge in [-0.25, -0.2) is 0 Å². The van der Waals surface area contributed by atoms with Gasteiger partial charge in [0.15, 0.2) is 0 Å². The lowest BCUT2D eigenvalue weighted by Crippen LogP contribution is -2.55. The molecule has 3 bridgehead atoms. The molecule has 1 saturated heterocycles. The number of rotatable bonds is 0. The SMILES string of the molecule is CN1CCC(N)CC23CCCCCCCC(CCC2)C1(C)C3. The summed E-state index contributed by atoms with van der Waals surface area (Å²) in [6.07, 6.45) is 18.4. The van der Waals surface area contributed by atoms with E-state index < -0.39 is 0 Å². The van der Waals surface area contributed by atoms with E-state index in [1.807, 2.05) is 0 Å². The first-order valence-corrected chi connectivity index (χ1v) is 10.0. The predicted octanol–water partition coefficient (Wildman–Crippen LogP) is 4.72. The Bertz CT molecular complexity index is 369. The van der Waals surface area contributed by atoms with Gasteiger partial charge < -0.3 is 10.6 Å². The Kier molecular flexibility index (Phi) is 5.19. The van der Waals surface area contributed by atoms with Crippen LogP contribution in [0.5, 0.6) is 0 Å². The number of nitrogens with zero attached hydrogens (tertiary/aromatic N) is 1. The first-order valence-electron chi connectivity index (χ1n) is 10.0. The van der Waals surface area contributed by atoms with Crippen molar-refractivity contribution in [1.82, 2.24) is 4.90 Å². The fourth-order valence-electron chi connectivity index (χ4n) is 6.11. The Labute approximate surface area is 138 Å². The van der Waals surface area contributed by atoms with E-state index in [9.17, 15) is 0 Å². The van der Waals surface area contributed by atoms with Crippen molar-refractivity contribution in [3.8, 4) is 0 Å². The minimum absolute atomic E-state index is 0.418. The van der Waals surface area contributed by atoms with Gasteiger partial charge in [0.05, 0.1) is 0 Å². The van der Waals surface area contributed by atoms with Gasteiger partial charge in [0.25, 0.3) is 0 Å². The topological polar surface area (TPSA) is 29.3 Å². The van der Waals surface area contributed by atoms with Gasteiger partial charge in [-0.2, -0.15) is 0 Å². The summed E-state index contributed by atoms with van der Waals surface area (Å²) in [6, 6.07) is 0.425. The number of hydrogen-bond donors (Lipinski definition) is 1. The molecule has 2 N–H and O–H groups in total. The number of nitrogens with two attached hydrogens (primary N) is 1. The largest absolute Gasteiger partial charge is 0.328 e. The molecule has 0 radical (unpaired) electrons. The monoisotopic (exact) mass is 306 g/mol. The molecule has 1 heterocycles. The molecule has 4 atom stereocenters. The van der Waals surface area contributed by atoms with Gasteiger partial charge in [0.2, 0.25) is 0 Å². The van der Waals surface area contributed by atoms with Gasteiger partial charge in [-0.1, -0.05) is 38.5 Å². The maximum Gasteiger partial charge on any atom is 0.0211 e. The zero-order valence-electron chi connectivity index (χ0n) is 15.1. The third-order valence-corrected chi connectivity index (χ3v) is 7.53. The third-order valence-electron chi connectivity index (χ3n) is 7.53. The van der Waals surface area contributed by atoms with Crippen LogP contribution in [0.3, 0.4) is 0 Å². The second kappa shape index (κ2) is 6.81. The van der Waals surface area contributed by atoms with E-state index in [0.717, 1.165) is 5.92 Å². The molecule has 2 nitrogen and oxygen atoms in total. The molecule has 4 unspecified atom stereocenters. The minimum atomic E-state index is 0.418. The van der Waals surface area contributed by atoms with E-state index >= 15 is 0 Å². The van der Waals surface area contributed by atoms with Crippen LogP contribution in [0.1, 0.15) is 90.4 Å². The molecule has 0 aromatic rings. The van der Waals surface area contributed by atoms with Crippen molar-refractivity contribution in [2.24, 2.45) is 17.1 Å². The third kappa shape index (κ3) is 3.38. The maximum atomic E-state index is 6.54. The van der Waals surface area contributed by atoms with Crippen LogP contribution in [0, 0.1) is 11.3 Å². The van der Waals surface area contributed by atoms with Gasteiger partial charge in [0.1, 0.15) is 0 Å². The molecule has 2 saturated carbocycles. The Morgan fingerprint density at radius 1 is 0.909 bits per heavy atom. The highest BCUT2D eigenvalue weighted by Gasteiger charge is 2.48. The summed E-state index contributed by atoms with van der Waals surface area (Å²) < 4.78 is 0. The van der Waals surface area contributed by atoms with Crippen LogP contribution in [-0.2, 0) is 0 Å². The van der Waals surface area contributed by atoms with Crippen molar-refractivity contribution in [3.05, 3.63) is 0 Å². The quantitative estimate of drug-likeness (QED) is 0.701. The Morgan fingerprint density at radius 2 is 1.59 bits per heavy atom. The summed E-state index contributed by atoms with van der Waals surface area (Å²) >= 11 is 0. The van der Waals surface area contributed by atoms with E-state index in [-0.39, 0.29) is 0 Å². The first kappa shape index (κ1) is 16.8. The van der Waals surface area contributed by atoms with Crippen LogP contribution in [0.15, 0.2) is 0 Å². The second-order valence-corrected chi connectivity index (χ2v) is 9.10. The normalized spacial score (nSPS) is 45.4. The zero-order valence-corrected chi connectivity index (χ0v) is 15.1. The van der Waals surface area contributed by atoms with Crippen molar-refractivity contribution in [3.63, 3.8) is 0 Å². The first-order chi connectivity index (χ1) is 10.5. The highest BCUT2D eigenvalue weighted by molar-refractivity contribution is 5.03. The summed E-state index contributed by atoms with van der Waals surface area (Å²) in [5.74, 6) is 0.909. The fraction of sp³-hybridized carbons (Fsp3) is 1.00. The molecular formula is C20H38N2. The van der Waals surface area contributed by atoms with Gasteiger partial charge in [-0.05, 0) is 76.8 Å². The van der Waals surface area contributed by atoms with E-state index in [2.05, 4.69) is 18.9 Å². The summed E-state index contributed by atoms with van der Waals surface area (Å²) in [7, 11) is 2.39. The molecule has 3 aliphatic rings. The average Bonchev–Trinajstić information content (AvgIpc) is 2.62. The smallest absolute Gasteiger partial charge is 0.0211 e. The van der Waals surface area contributed by atoms with E-state index in [0.29, 0.717) is 17.0 Å². The second-order valence-electron chi connectivity index (χ2n) is 9.10. The van der Waals surface area contributed by atoms with Crippen LogP contribution in [0.25, 0.3) is 0 Å². The van der Waals surface area contributed by atoms with Crippen molar-refractivity contribution in [1.29, 1.82) is 0 Å². The van der Waals surface area contributed by atoms with Gasteiger partial charge >= 0.3 is 0 Å². The Hall–Kier alpha value is -0.0800. The fourth-order valence-corrected chi connectivity index (χ4v) is 6.11. The molecule has 0 amide bonds. The summed E-state index contributed by atoms with van der Waals surface area (Å²) in [5.41, 5.74) is 7.50. The summed E-state index contributed by atoms with van der Waals surface area (Å²) in [5, 5.41) is 0. The highest BCUT2D eigenvalue weighted by Crippen LogP contribution is 2.52.